The topological polar surface area (TPSA) is 74.6 Å². The van der Waals surface area contributed by atoms with Crippen LogP contribution in [0.15, 0.2) is 11.6 Å². The average molecular weight is 264 g/mol. The predicted octanol–water partition coefficient (Wildman–Crippen LogP) is 2.69. The molecule has 0 aliphatic heterocycles. The lowest BCUT2D eigenvalue weighted by Gasteiger charge is -2.59. The number of rotatable bonds is 3. The second kappa shape index (κ2) is 3.84. The van der Waals surface area contributed by atoms with E-state index in [0.717, 1.165) is 32.1 Å². The second-order valence-electron chi connectivity index (χ2n) is 7.04. The van der Waals surface area contributed by atoms with Gasteiger partial charge in [0.15, 0.2) is 0 Å². The van der Waals surface area contributed by atoms with Crippen molar-refractivity contribution in [2.45, 2.75) is 45.4 Å². The molecule has 0 saturated heterocycles. The summed E-state index contributed by atoms with van der Waals surface area (Å²) < 4.78 is 0. The van der Waals surface area contributed by atoms with Crippen molar-refractivity contribution in [1.82, 2.24) is 0 Å². The van der Waals surface area contributed by atoms with E-state index in [1.807, 2.05) is 6.08 Å². The molecule has 0 aromatic carbocycles. The SMILES string of the molecule is CC(=CC12CC3CC(C1)CC(C(=O)O)(C3)C2)C(=O)O. The van der Waals surface area contributed by atoms with Gasteiger partial charge in [-0.2, -0.15) is 0 Å². The maximum absolute atomic E-state index is 11.7. The second-order valence-corrected chi connectivity index (χ2v) is 7.04. The van der Waals surface area contributed by atoms with Gasteiger partial charge >= 0.3 is 11.9 Å². The summed E-state index contributed by atoms with van der Waals surface area (Å²) in [7, 11) is 0. The first-order valence-corrected chi connectivity index (χ1v) is 7.00. The van der Waals surface area contributed by atoms with Gasteiger partial charge in [-0.25, -0.2) is 4.79 Å². The van der Waals surface area contributed by atoms with Crippen molar-refractivity contribution < 1.29 is 19.8 Å². The van der Waals surface area contributed by atoms with Gasteiger partial charge in [0.2, 0.25) is 0 Å². The molecule has 0 heterocycles. The molecule has 0 radical (unpaired) electrons. The van der Waals surface area contributed by atoms with Crippen molar-refractivity contribution >= 4 is 11.9 Å². The van der Waals surface area contributed by atoms with Gasteiger partial charge in [0.25, 0.3) is 0 Å². The molecule has 0 amide bonds. The number of hydrogen-bond acceptors (Lipinski definition) is 2. The van der Waals surface area contributed by atoms with E-state index in [1.54, 1.807) is 6.92 Å². The third-order valence-electron chi connectivity index (χ3n) is 5.42. The third-order valence-corrected chi connectivity index (χ3v) is 5.42. The average Bonchev–Trinajstić information content (AvgIpc) is 2.25. The third kappa shape index (κ3) is 1.88. The van der Waals surface area contributed by atoms with Crippen LogP contribution < -0.4 is 0 Å². The minimum atomic E-state index is -0.889. The minimum absolute atomic E-state index is 0.176. The largest absolute Gasteiger partial charge is 0.481 e. The first-order valence-electron chi connectivity index (χ1n) is 7.00. The van der Waals surface area contributed by atoms with Crippen molar-refractivity contribution in [2.24, 2.45) is 22.7 Å². The quantitative estimate of drug-likeness (QED) is 0.768. The van der Waals surface area contributed by atoms with E-state index in [0.29, 0.717) is 23.8 Å². The Balaban J connectivity index is 1.98. The lowest BCUT2D eigenvalue weighted by Crippen LogP contribution is -2.54. The van der Waals surface area contributed by atoms with Crippen LogP contribution in [0.3, 0.4) is 0 Å². The summed E-state index contributed by atoms with van der Waals surface area (Å²) in [5, 5.41) is 18.7. The van der Waals surface area contributed by atoms with Gasteiger partial charge in [-0.15, -0.1) is 0 Å². The molecule has 0 aromatic heterocycles. The Bertz CT molecular complexity index is 463. The lowest BCUT2D eigenvalue weighted by molar-refractivity contribution is -0.170. The van der Waals surface area contributed by atoms with E-state index < -0.39 is 17.4 Å². The zero-order valence-corrected chi connectivity index (χ0v) is 11.2. The van der Waals surface area contributed by atoms with Gasteiger partial charge in [-0.3, -0.25) is 4.79 Å². The van der Waals surface area contributed by atoms with E-state index >= 15 is 0 Å². The Morgan fingerprint density at radius 2 is 1.68 bits per heavy atom. The molecule has 4 aliphatic carbocycles. The molecular weight excluding hydrogens is 244 g/mol. The van der Waals surface area contributed by atoms with Crippen LogP contribution in [0, 0.1) is 22.7 Å². The van der Waals surface area contributed by atoms with E-state index in [9.17, 15) is 14.7 Å². The molecular formula is C15H20O4. The summed E-state index contributed by atoms with van der Waals surface area (Å²) in [6, 6.07) is 0. The molecule has 4 bridgehead atoms. The number of hydrogen-bond donors (Lipinski definition) is 2. The highest BCUT2D eigenvalue weighted by molar-refractivity contribution is 5.86. The van der Waals surface area contributed by atoms with Crippen LogP contribution in [0.4, 0.5) is 0 Å². The van der Waals surface area contributed by atoms with Crippen molar-refractivity contribution in [2.75, 3.05) is 0 Å². The number of carboxylic acids is 2. The zero-order chi connectivity index (χ0) is 13.8. The Kier molecular flexibility index (Phi) is 2.57. The van der Waals surface area contributed by atoms with Crippen molar-refractivity contribution in [1.29, 1.82) is 0 Å². The van der Waals surface area contributed by atoms with E-state index in [4.69, 9.17) is 5.11 Å². The Morgan fingerprint density at radius 3 is 2.16 bits per heavy atom. The number of allylic oxidation sites excluding steroid dienone is 1. The summed E-state index contributed by atoms with van der Waals surface area (Å²) in [6.07, 6.45) is 7.17. The fourth-order valence-electron chi connectivity index (χ4n) is 5.27. The van der Waals surface area contributed by atoms with Crippen LogP contribution in [-0.2, 0) is 9.59 Å². The number of aliphatic carboxylic acids is 2. The number of carbonyl (C=O) groups is 2. The van der Waals surface area contributed by atoms with Crippen LogP contribution in [0.25, 0.3) is 0 Å². The van der Waals surface area contributed by atoms with Crippen LogP contribution in [0.1, 0.15) is 45.4 Å². The molecule has 4 fully saturated rings. The molecule has 0 spiro atoms. The van der Waals surface area contributed by atoms with Crippen molar-refractivity contribution in [3.8, 4) is 0 Å². The van der Waals surface area contributed by atoms with E-state index in [1.165, 1.54) is 0 Å². The normalized spacial score (nSPS) is 44.4. The Labute approximate surface area is 112 Å². The molecule has 2 unspecified atom stereocenters. The highest BCUT2D eigenvalue weighted by Gasteiger charge is 2.60. The maximum Gasteiger partial charge on any atom is 0.330 e. The van der Waals surface area contributed by atoms with Crippen LogP contribution in [-0.4, -0.2) is 22.2 Å². The van der Waals surface area contributed by atoms with Crippen molar-refractivity contribution in [3.05, 3.63) is 11.6 Å². The molecule has 0 aromatic rings. The van der Waals surface area contributed by atoms with Crippen LogP contribution in [0.5, 0.6) is 0 Å². The lowest BCUT2D eigenvalue weighted by atomic mass is 9.44. The highest BCUT2D eigenvalue weighted by Crippen LogP contribution is 2.66. The minimum Gasteiger partial charge on any atom is -0.481 e. The molecule has 4 heteroatoms. The van der Waals surface area contributed by atoms with Gasteiger partial charge in [-0.1, -0.05) is 6.08 Å². The van der Waals surface area contributed by atoms with Gasteiger partial charge < -0.3 is 10.2 Å². The first kappa shape index (κ1) is 12.7. The van der Waals surface area contributed by atoms with Gasteiger partial charge in [0.1, 0.15) is 0 Å². The summed E-state index contributed by atoms with van der Waals surface area (Å²) in [6.45, 7) is 1.62. The monoisotopic (exact) mass is 264 g/mol. The fourth-order valence-corrected chi connectivity index (χ4v) is 5.27. The molecule has 2 atom stereocenters. The summed E-state index contributed by atoms with van der Waals surface area (Å²) in [4.78, 5) is 22.7. The molecule has 2 N–H and O–H groups in total. The predicted molar refractivity (Wildman–Crippen MR) is 68.6 cm³/mol. The highest BCUT2D eigenvalue weighted by atomic mass is 16.4. The molecule has 4 saturated carbocycles. The van der Waals surface area contributed by atoms with Gasteiger partial charge in [0, 0.05) is 5.57 Å². The zero-order valence-electron chi connectivity index (χ0n) is 11.2. The summed E-state index contributed by atoms with van der Waals surface area (Å²) in [5.74, 6) is -0.627. The molecule has 19 heavy (non-hydrogen) atoms. The van der Waals surface area contributed by atoms with Gasteiger partial charge in [-0.05, 0) is 62.7 Å². The molecule has 4 nitrogen and oxygen atoms in total. The molecule has 4 rings (SSSR count). The summed E-state index contributed by atoms with van der Waals surface area (Å²) in [5.41, 5.74) is -0.396. The van der Waals surface area contributed by atoms with Crippen LogP contribution in [0.2, 0.25) is 0 Å². The molecule has 104 valence electrons. The maximum atomic E-state index is 11.7. The van der Waals surface area contributed by atoms with E-state index in [2.05, 4.69) is 0 Å². The smallest absolute Gasteiger partial charge is 0.330 e. The van der Waals surface area contributed by atoms with E-state index in [-0.39, 0.29) is 5.41 Å². The molecule has 4 aliphatic rings. The van der Waals surface area contributed by atoms with Crippen molar-refractivity contribution in [3.63, 3.8) is 0 Å². The van der Waals surface area contributed by atoms with Crippen LogP contribution >= 0.6 is 0 Å². The van der Waals surface area contributed by atoms with Gasteiger partial charge in [0.05, 0.1) is 5.41 Å². The summed E-state index contributed by atoms with van der Waals surface area (Å²) >= 11 is 0. The standard InChI is InChI=1S/C15H20O4/c1-9(12(16)17)3-14-4-10-2-11(5-14)7-15(6-10,8-14)13(18)19/h3,10-11H,2,4-8H2,1H3,(H,16,17)(H,18,19). The fraction of sp³-hybridized carbons (Fsp3) is 0.733. The number of carboxylic acid groups (broad SMARTS) is 2. The Hall–Kier alpha value is -1.32. The Morgan fingerprint density at radius 1 is 1.11 bits per heavy atom. The first-order chi connectivity index (χ1) is 8.84.